The monoisotopic (exact) mass is 407 g/mol. The minimum Gasteiger partial charge on any atom is -0.399 e. The highest BCUT2D eigenvalue weighted by Crippen LogP contribution is 2.36. The van der Waals surface area contributed by atoms with Crippen molar-refractivity contribution in [3.8, 4) is 0 Å². The number of aryl methyl sites for hydroxylation is 1. The number of pyridine rings is 1. The molecule has 0 atom stereocenters. The number of nitrogens with zero attached hydrogens (tertiary/aromatic N) is 1. The van der Waals surface area contributed by atoms with Gasteiger partial charge in [-0.1, -0.05) is 29.8 Å². The van der Waals surface area contributed by atoms with Crippen LogP contribution in [0.4, 0.5) is 0 Å². The van der Waals surface area contributed by atoms with Gasteiger partial charge in [-0.15, -0.1) is 0 Å². The van der Waals surface area contributed by atoms with Gasteiger partial charge in [0.1, 0.15) is 0 Å². The van der Waals surface area contributed by atoms with E-state index < -0.39 is 28.2 Å². The third-order valence-electron chi connectivity index (χ3n) is 5.20. The summed E-state index contributed by atoms with van der Waals surface area (Å²) in [6.45, 7) is 9.77. The van der Waals surface area contributed by atoms with E-state index in [0.717, 1.165) is 5.46 Å². The fraction of sp³-hybridized carbons (Fsp3) is 0.421. The van der Waals surface area contributed by atoms with E-state index in [-0.39, 0.29) is 15.7 Å². The van der Waals surface area contributed by atoms with Crippen LogP contribution in [0, 0.1) is 6.92 Å². The van der Waals surface area contributed by atoms with Gasteiger partial charge in [-0.3, -0.25) is 4.98 Å². The van der Waals surface area contributed by atoms with Crippen molar-refractivity contribution in [3.63, 3.8) is 0 Å². The molecule has 0 spiro atoms. The molecule has 0 amide bonds. The molecule has 1 fully saturated rings. The predicted octanol–water partition coefficient (Wildman–Crippen LogP) is 3.32. The molecule has 1 aromatic carbocycles. The topological polar surface area (TPSA) is 65.5 Å². The average Bonchev–Trinajstić information content (AvgIpc) is 2.75. The lowest BCUT2D eigenvalue weighted by Crippen LogP contribution is -2.41. The minimum absolute atomic E-state index is 0.112. The number of hydrogen-bond acceptors (Lipinski definition) is 5. The lowest BCUT2D eigenvalue weighted by Gasteiger charge is -2.32. The maximum Gasteiger partial charge on any atom is 0.496 e. The van der Waals surface area contributed by atoms with Crippen LogP contribution >= 0.6 is 11.6 Å². The smallest absolute Gasteiger partial charge is 0.399 e. The molecule has 144 valence electrons. The Morgan fingerprint density at radius 3 is 2.19 bits per heavy atom. The third-order valence-corrected chi connectivity index (χ3v) is 7.34. The Labute approximate surface area is 166 Å². The summed E-state index contributed by atoms with van der Waals surface area (Å²) in [5.74, 6) is -0.221. The maximum absolute atomic E-state index is 12.7. The summed E-state index contributed by atoms with van der Waals surface area (Å²) in [5, 5.41) is 0.211. The summed E-state index contributed by atoms with van der Waals surface area (Å²) in [4.78, 5) is 4.58. The van der Waals surface area contributed by atoms with Gasteiger partial charge in [-0.05, 0) is 52.8 Å². The molecule has 0 saturated carbocycles. The maximum atomic E-state index is 12.7. The van der Waals surface area contributed by atoms with E-state index >= 15 is 0 Å². The van der Waals surface area contributed by atoms with Gasteiger partial charge in [0.25, 0.3) is 0 Å². The first-order chi connectivity index (χ1) is 12.4. The second-order valence-electron chi connectivity index (χ2n) is 7.75. The van der Waals surface area contributed by atoms with Gasteiger partial charge in [0.2, 0.25) is 0 Å². The third kappa shape index (κ3) is 3.92. The number of sulfone groups is 1. The van der Waals surface area contributed by atoms with Crippen molar-refractivity contribution in [2.75, 3.05) is 0 Å². The highest BCUT2D eigenvalue weighted by Gasteiger charge is 2.52. The molecule has 0 unspecified atom stereocenters. The molecule has 5 nitrogen and oxygen atoms in total. The van der Waals surface area contributed by atoms with E-state index in [2.05, 4.69) is 4.98 Å². The van der Waals surface area contributed by atoms with Crippen molar-refractivity contribution in [1.29, 1.82) is 0 Å². The van der Waals surface area contributed by atoms with Crippen molar-refractivity contribution in [1.82, 2.24) is 4.98 Å². The van der Waals surface area contributed by atoms with E-state index in [1.54, 1.807) is 24.3 Å². The fourth-order valence-corrected chi connectivity index (χ4v) is 4.74. The molecule has 0 bridgehead atoms. The Morgan fingerprint density at radius 1 is 1.04 bits per heavy atom. The highest BCUT2D eigenvalue weighted by atomic mass is 35.5. The summed E-state index contributed by atoms with van der Waals surface area (Å²) < 4.78 is 37.5. The number of halogens is 1. The zero-order valence-electron chi connectivity index (χ0n) is 16.1. The number of rotatable bonds is 4. The standard InChI is InChI=1S/C19H23BClNO4S/c1-13-15(20-25-18(2,3)19(4,5)26-20)11-10-14(22-13)12-27(23,24)17-9-7-6-8-16(17)21/h6-11H,12H2,1-5H3. The van der Waals surface area contributed by atoms with Crippen LogP contribution in [0.1, 0.15) is 39.1 Å². The molecule has 1 aliphatic heterocycles. The molecular formula is C19H23BClNO4S. The zero-order valence-corrected chi connectivity index (χ0v) is 17.7. The minimum atomic E-state index is -3.59. The Bertz CT molecular complexity index is 959. The van der Waals surface area contributed by atoms with E-state index in [0.29, 0.717) is 11.4 Å². The van der Waals surface area contributed by atoms with Gasteiger partial charge in [0, 0.05) is 11.2 Å². The molecular weight excluding hydrogens is 385 g/mol. The van der Waals surface area contributed by atoms with E-state index in [1.165, 1.54) is 6.07 Å². The van der Waals surface area contributed by atoms with Crippen LogP contribution in [0.3, 0.4) is 0 Å². The Balaban J connectivity index is 1.85. The van der Waals surface area contributed by atoms with Crippen molar-refractivity contribution in [2.45, 2.75) is 56.5 Å². The molecule has 0 aliphatic carbocycles. The van der Waals surface area contributed by atoms with Crippen LogP contribution < -0.4 is 5.46 Å². The Kier molecular flexibility index (Phi) is 5.18. The normalized spacial score (nSPS) is 18.7. The SMILES string of the molecule is Cc1nc(CS(=O)(=O)c2ccccc2Cl)ccc1B1OC(C)(C)C(C)(C)O1. The first-order valence-corrected chi connectivity index (χ1v) is 10.8. The van der Waals surface area contributed by atoms with Gasteiger partial charge in [0.15, 0.2) is 9.84 Å². The summed E-state index contributed by atoms with van der Waals surface area (Å²) in [7, 11) is -4.12. The second-order valence-corrected chi connectivity index (χ2v) is 10.1. The molecule has 1 aliphatic rings. The van der Waals surface area contributed by atoms with E-state index in [9.17, 15) is 8.42 Å². The highest BCUT2D eigenvalue weighted by molar-refractivity contribution is 7.90. The molecule has 0 radical (unpaired) electrons. The van der Waals surface area contributed by atoms with Crippen molar-refractivity contribution in [2.24, 2.45) is 0 Å². The molecule has 2 heterocycles. The summed E-state index contributed by atoms with van der Waals surface area (Å²) in [5.41, 5.74) is 1.03. The van der Waals surface area contributed by atoms with Crippen LogP contribution in [-0.4, -0.2) is 31.7 Å². The van der Waals surface area contributed by atoms with E-state index in [4.69, 9.17) is 20.9 Å². The largest absolute Gasteiger partial charge is 0.496 e. The first kappa shape index (κ1) is 20.3. The predicted molar refractivity (Wildman–Crippen MR) is 107 cm³/mol. The van der Waals surface area contributed by atoms with Crippen LogP contribution in [0.25, 0.3) is 0 Å². The molecule has 1 saturated heterocycles. The van der Waals surface area contributed by atoms with Crippen LogP contribution in [0.15, 0.2) is 41.3 Å². The molecule has 27 heavy (non-hydrogen) atoms. The average molecular weight is 408 g/mol. The van der Waals surface area contributed by atoms with Crippen LogP contribution in [0.5, 0.6) is 0 Å². The lowest BCUT2D eigenvalue weighted by molar-refractivity contribution is 0.00578. The van der Waals surface area contributed by atoms with Gasteiger partial charge >= 0.3 is 7.12 Å². The van der Waals surface area contributed by atoms with Gasteiger partial charge in [-0.25, -0.2) is 8.42 Å². The molecule has 3 rings (SSSR count). The second kappa shape index (κ2) is 6.89. The number of aromatic nitrogens is 1. The Hall–Kier alpha value is -1.41. The van der Waals surface area contributed by atoms with Gasteiger partial charge in [-0.2, -0.15) is 0 Å². The lowest BCUT2D eigenvalue weighted by atomic mass is 9.78. The fourth-order valence-electron chi connectivity index (χ4n) is 2.89. The summed E-state index contributed by atoms with van der Waals surface area (Å²) in [6, 6.07) is 9.93. The van der Waals surface area contributed by atoms with Crippen LogP contribution in [-0.2, 0) is 24.9 Å². The molecule has 1 aromatic heterocycles. The number of benzene rings is 1. The molecule has 8 heteroatoms. The number of hydrogen-bond donors (Lipinski definition) is 0. The van der Waals surface area contributed by atoms with Gasteiger partial charge < -0.3 is 9.31 Å². The summed E-state index contributed by atoms with van der Waals surface area (Å²) in [6.07, 6.45) is 0. The van der Waals surface area contributed by atoms with Gasteiger partial charge in [0.05, 0.1) is 32.6 Å². The van der Waals surface area contributed by atoms with Crippen molar-refractivity contribution < 1.29 is 17.7 Å². The molecule has 2 aromatic rings. The van der Waals surface area contributed by atoms with E-state index in [1.807, 2.05) is 40.7 Å². The first-order valence-electron chi connectivity index (χ1n) is 8.72. The van der Waals surface area contributed by atoms with Crippen LogP contribution in [0.2, 0.25) is 5.02 Å². The summed E-state index contributed by atoms with van der Waals surface area (Å²) >= 11 is 6.04. The molecule has 0 N–H and O–H groups in total. The zero-order chi connectivity index (χ0) is 20.0. The quantitative estimate of drug-likeness (QED) is 0.727. The Morgan fingerprint density at radius 2 is 1.63 bits per heavy atom. The van der Waals surface area contributed by atoms with Crippen molar-refractivity contribution in [3.05, 3.63) is 52.8 Å². The van der Waals surface area contributed by atoms with Crippen molar-refractivity contribution >= 4 is 34.0 Å².